The first-order chi connectivity index (χ1) is 8.97. The fraction of sp³-hybridized carbons (Fsp3) is 0.714. The molecule has 0 bridgehead atoms. The Hall–Kier alpha value is -1.52. The minimum absolute atomic E-state index is 0.0116. The Labute approximate surface area is 116 Å². The zero-order valence-electron chi connectivity index (χ0n) is 12.3. The van der Waals surface area contributed by atoms with Crippen LogP contribution in [0.1, 0.15) is 39.5 Å². The number of nitrogens with one attached hydrogen (secondary N) is 1. The quantitative estimate of drug-likeness (QED) is 0.397. The molecule has 2 amide bonds. The number of unbranched alkanes of at least 4 members (excludes halogenated alkanes) is 2. The Balaban J connectivity index is 3.74. The molecule has 1 atom stereocenters. The van der Waals surface area contributed by atoms with E-state index in [2.05, 4.69) is 11.9 Å². The maximum absolute atomic E-state index is 11.8. The molecule has 0 aliphatic rings. The van der Waals surface area contributed by atoms with E-state index in [0.29, 0.717) is 13.0 Å². The molecule has 0 aromatic carbocycles. The number of hydrogen-bond acceptors (Lipinski definition) is 3. The van der Waals surface area contributed by atoms with Gasteiger partial charge < -0.3 is 15.0 Å². The van der Waals surface area contributed by atoms with Crippen molar-refractivity contribution in [1.82, 2.24) is 10.2 Å². The second kappa shape index (κ2) is 10.4. The Kier molecular flexibility index (Phi) is 9.57. The lowest BCUT2D eigenvalue weighted by Gasteiger charge is -2.21. The third-order valence-corrected chi connectivity index (χ3v) is 2.72. The summed E-state index contributed by atoms with van der Waals surface area (Å²) in [5, 5.41) is 2.87. The van der Waals surface area contributed by atoms with Crippen LogP contribution < -0.4 is 5.32 Å². The first kappa shape index (κ1) is 17.5. The topological polar surface area (TPSA) is 58.6 Å². The molecule has 1 unspecified atom stereocenters. The van der Waals surface area contributed by atoms with Gasteiger partial charge in [-0.3, -0.25) is 4.79 Å². The van der Waals surface area contributed by atoms with Crippen LogP contribution in [0, 0.1) is 0 Å². The monoisotopic (exact) mass is 270 g/mol. The summed E-state index contributed by atoms with van der Waals surface area (Å²) in [5.74, 6) is -0.294. The minimum Gasteiger partial charge on any atom is -0.466 e. The highest BCUT2D eigenvalue weighted by Gasteiger charge is 2.11. The number of carbonyl (C=O) groups excluding carboxylic acids is 2. The minimum atomic E-state index is -0.294. The lowest BCUT2D eigenvalue weighted by molar-refractivity contribution is -0.141. The maximum Gasteiger partial charge on any atom is 0.317 e. The molecule has 1 N–H and O–H groups in total. The SMILES string of the molecule is C=CCCCCN(C)C(=O)NC(C)CCOC(C)=O. The highest BCUT2D eigenvalue weighted by Crippen LogP contribution is 1.99. The summed E-state index contributed by atoms with van der Waals surface area (Å²) in [6, 6.07) is -0.101. The predicted octanol–water partition coefficient (Wildman–Crippen LogP) is 2.33. The van der Waals surface area contributed by atoms with Gasteiger partial charge in [-0.1, -0.05) is 6.08 Å². The number of carbonyl (C=O) groups is 2. The molecule has 0 saturated heterocycles. The van der Waals surface area contributed by atoms with E-state index < -0.39 is 0 Å². The highest BCUT2D eigenvalue weighted by molar-refractivity contribution is 5.74. The number of nitrogens with zero attached hydrogens (tertiary/aromatic N) is 1. The van der Waals surface area contributed by atoms with Crippen LogP contribution in [0.5, 0.6) is 0 Å². The molecular weight excluding hydrogens is 244 g/mol. The predicted molar refractivity (Wildman–Crippen MR) is 75.9 cm³/mol. The Morgan fingerprint density at radius 3 is 2.68 bits per heavy atom. The Morgan fingerprint density at radius 1 is 1.42 bits per heavy atom. The number of rotatable bonds is 9. The molecule has 0 radical (unpaired) electrons. The Bertz CT molecular complexity index is 292. The lowest BCUT2D eigenvalue weighted by Crippen LogP contribution is -2.42. The zero-order chi connectivity index (χ0) is 14.7. The van der Waals surface area contributed by atoms with Gasteiger partial charge in [0.05, 0.1) is 6.61 Å². The zero-order valence-corrected chi connectivity index (χ0v) is 12.3. The first-order valence-electron chi connectivity index (χ1n) is 6.73. The van der Waals surface area contributed by atoms with E-state index in [1.165, 1.54) is 6.92 Å². The second-order valence-electron chi connectivity index (χ2n) is 4.69. The molecule has 0 fully saturated rings. The van der Waals surface area contributed by atoms with Gasteiger partial charge in [0.2, 0.25) is 0 Å². The van der Waals surface area contributed by atoms with Gasteiger partial charge in [-0.25, -0.2) is 4.79 Å². The van der Waals surface area contributed by atoms with Crippen LogP contribution in [-0.4, -0.2) is 43.1 Å². The molecule has 5 heteroatoms. The van der Waals surface area contributed by atoms with E-state index in [-0.39, 0.29) is 18.0 Å². The molecule has 0 aromatic rings. The number of ether oxygens (including phenoxy) is 1. The van der Waals surface area contributed by atoms with Crippen LogP contribution in [0.25, 0.3) is 0 Å². The number of urea groups is 1. The van der Waals surface area contributed by atoms with Crippen LogP contribution in [0.3, 0.4) is 0 Å². The standard InChI is InChI=1S/C14H26N2O3/c1-5-6-7-8-10-16(4)14(18)15-12(2)9-11-19-13(3)17/h5,12H,1,6-11H2,2-4H3,(H,15,18). The summed E-state index contributed by atoms with van der Waals surface area (Å²) in [6.07, 6.45) is 5.50. The fourth-order valence-corrected chi connectivity index (χ4v) is 1.51. The van der Waals surface area contributed by atoms with Crippen molar-refractivity contribution in [2.45, 2.75) is 45.6 Å². The van der Waals surface area contributed by atoms with Crippen molar-refractivity contribution >= 4 is 12.0 Å². The summed E-state index contributed by atoms with van der Waals surface area (Å²) in [4.78, 5) is 24.1. The van der Waals surface area contributed by atoms with Crippen molar-refractivity contribution < 1.29 is 14.3 Å². The number of amides is 2. The third kappa shape index (κ3) is 10.1. The number of hydrogen-bond donors (Lipinski definition) is 1. The van der Waals surface area contributed by atoms with Crippen LogP contribution >= 0.6 is 0 Å². The molecule has 0 heterocycles. The molecular formula is C14H26N2O3. The van der Waals surface area contributed by atoms with Gasteiger partial charge in [-0.05, 0) is 26.2 Å². The van der Waals surface area contributed by atoms with E-state index in [1.54, 1.807) is 11.9 Å². The van der Waals surface area contributed by atoms with Crippen LogP contribution in [0.2, 0.25) is 0 Å². The van der Waals surface area contributed by atoms with Crippen molar-refractivity contribution in [3.05, 3.63) is 12.7 Å². The molecule has 0 saturated carbocycles. The van der Waals surface area contributed by atoms with E-state index in [1.807, 2.05) is 13.0 Å². The normalized spacial score (nSPS) is 11.5. The van der Waals surface area contributed by atoms with Crippen molar-refractivity contribution in [3.8, 4) is 0 Å². The average molecular weight is 270 g/mol. The molecule has 0 aliphatic heterocycles. The van der Waals surface area contributed by atoms with E-state index in [9.17, 15) is 9.59 Å². The number of allylic oxidation sites excluding steroid dienone is 1. The van der Waals surface area contributed by atoms with Gasteiger partial charge in [-0.15, -0.1) is 6.58 Å². The summed E-state index contributed by atoms with van der Waals surface area (Å²) < 4.78 is 4.83. The largest absolute Gasteiger partial charge is 0.466 e. The van der Waals surface area contributed by atoms with E-state index >= 15 is 0 Å². The van der Waals surface area contributed by atoms with Crippen LogP contribution in [-0.2, 0) is 9.53 Å². The molecule has 0 spiro atoms. The fourth-order valence-electron chi connectivity index (χ4n) is 1.51. The van der Waals surface area contributed by atoms with Crippen LogP contribution in [0.4, 0.5) is 4.79 Å². The summed E-state index contributed by atoms with van der Waals surface area (Å²) in [6.45, 7) is 8.00. The maximum atomic E-state index is 11.8. The van der Waals surface area contributed by atoms with E-state index in [0.717, 1.165) is 25.8 Å². The second-order valence-corrected chi connectivity index (χ2v) is 4.69. The molecule has 5 nitrogen and oxygen atoms in total. The van der Waals surface area contributed by atoms with Gasteiger partial charge in [-0.2, -0.15) is 0 Å². The van der Waals surface area contributed by atoms with Gasteiger partial charge in [0.1, 0.15) is 0 Å². The third-order valence-electron chi connectivity index (χ3n) is 2.72. The molecule has 0 aliphatic carbocycles. The van der Waals surface area contributed by atoms with Gasteiger partial charge in [0, 0.05) is 33.0 Å². The highest BCUT2D eigenvalue weighted by atomic mass is 16.5. The van der Waals surface area contributed by atoms with Gasteiger partial charge >= 0.3 is 12.0 Å². The lowest BCUT2D eigenvalue weighted by atomic mass is 10.2. The smallest absolute Gasteiger partial charge is 0.317 e. The van der Waals surface area contributed by atoms with Crippen molar-refractivity contribution in [3.63, 3.8) is 0 Å². The molecule has 110 valence electrons. The molecule has 0 aromatic heterocycles. The average Bonchev–Trinajstić information content (AvgIpc) is 2.33. The summed E-state index contributed by atoms with van der Waals surface area (Å²) in [5.41, 5.74) is 0. The first-order valence-corrected chi connectivity index (χ1v) is 6.73. The van der Waals surface area contributed by atoms with Crippen molar-refractivity contribution in [2.24, 2.45) is 0 Å². The van der Waals surface area contributed by atoms with Gasteiger partial charge in [0.25, 0.3) is 0 Å². The summed E-state index contributed by atoms with van der Waals surface area (Å²) >= 11 is 0. The van der Waals surface area contributed by atoms with Crippen molar-refractivity contribution in [2.75, 3.05) is 20.2 Å². The number of esters is 1. The molecule has 0 rings (SSSR count). The van der Waals surface area contributed by atoms with E-state index in [4.69, 9.17) is 4.74 Å². The van der Waals surface area contributed by atoms with Crippen LogP contribution in [0.15, 0.2) is 12.7 Å². The Morgan fingerprint density at radius 2 is 2.11 bits per heavy atom. The summed E-state index contributed by atoms with van der Waals surface area (Å²) in [7, 11) is 1.78. The van der Waals surface area contributed by atoms with Crippen molar-refractivity contribution in [1.29, 1.82) is 0 Å². The van der Waals surface area contributed by atoms with Gasteiger partial charge in [0.15, 0.2) is 0 Å². The molecule has 19 heavy (non-hydrogen) atoms.